The van der Waals surface area contributed by atoms with Gasteiger partial charge in [0.15, 0.2) is 6.10 Å². The second-order valence-electron chi connectivity index (χ2n) is 6.76. The van der Waals surface area contributed by atoms with Gasteiger partial charge < -0.3 is 15.4 Å². The van der Waals surface area contributed by atoms with Gasteiger partial charge in [-0.1, -0.05) is 19.1 Å². The lowest BCUT2D eigenvalue weighted by Gasteiger charge is -2.40. The van der Waals surface area contributed by atoms with Crippen molar-refractivity contribution in [1.29, 1.82) is 0 Å². The number of rotatable bonds is 3. The molecule has 2 heterocycles. The fourth-order valence-electron chi connectivity index (χ4n) is 3.55. The predicted molar refractivity (Wildman–Crippen MR) is 99.1 cm³/mol. The van der Waals surface area contributed by atoms with Crippen LogP contribution in [0.2, 0.25) is 0 Å². The van der Waals surface area contributed by atoms with Gasteiger partial charge in [0.05, 0.1) is 5.69 Å². The molecule has 1 saturated heterocycles. The monoisotopic (exact) mass is 367 g/mol. The number of hydrogen-bond donors (Lipinski definition) is 1. The van der Waals surface area contributed by atoms with E-state index in [1.165, 1.54) is 4.90 Å². The van der Waals surface area contributed by atoms with Crippen molar-refractivity contribution >= 4 is 29.9 Å². The van der Waals surface area contributed by atoms with Gasteiger partial charge in [0, 0.05) is 19.1 Å². The van der Waals surface area contributed by atoms with Crippen LogP contribution in [0.5, 0.6) is 5.75 Å². The van der Waals surface area contributed by atoms with Crippen molar-refractivity contribution in [2.24, 2.45) is 11.7 Å². The molecule has 1 fully saturated rings. The average Bonchev–Trinajstić information content (AvgIpc) is 2.58. The van der Waals surface area contributed by atoms with Gasteiger partial charge in [-0.25, -0.2) is 0 Å². The summed E-state index contributed by atoms with van der Waals surface area (Å²) in [5, 5.41) is 0. The van der Waals surface area contributed by atoms with Crippen LogP contribution in [0.3, 0.4) is 0 Å². The summed E-state index contributed by atoms with van der Waals surface area (Å²) in [5.74, 6) is 0.986. The maximum atomic E-state index is 12.8. The molecule has 3 rings (SSSR count). The molecule has 2 aliphatic rings. The lowest BCUT2D eigenvalue weighted by Crippen LogP contribution is -2.54. The summed E-state index contributed by atoms with van der Waals surface area (Å²) in [4.78, 5) is 28.7. The van der Waals surface area contributed by atoms with Gasteiger partial charge in [0.1, 0.15) is 12.3 Å². The van der Waals surface area contributed by atoms with Gasteiger partial charge in [-0.2, -0.15) is 0 Å². The molecule has 7 heteroatoms. The number of benzene rings is 1. The topological polar surface area (TPSA) is 75.9 Å². The third-order valence-electron chi connectivity index (χ3n) is 4.94. The summed E-state index contributed by atoms with van der Waals surface area (Å²) in [6.07, 6.45) is 1.32. The lowest BCUT2D eigenvalue weighted by molar-refractivity contribution is -0.136. The van der Waals surface area contributed by atoms with Crippen LogP contribution in [0.1, 0.15) is 26.7 Å². The Hall–Kier alpha value is -1.79. The van der Waals surface area contributed by atoms with Crippen LogP contribution in [-0.2, 0) is 9.59 Å². The van der Waals surface area contributed by atoms with Gasteiger partial charge in [-0.3, -0.25) is 14.5 Å². The highest BCUT2D eigenvalue weighted by Gasteiger charge is 2.35. The van der Waals surface area contributed by atoms with E-state index in [1.807, 2.05) is 29.2 Å². The summed E-state index contributed by atoms with van der Waals surface area (Å²) in [6, 6.07) is 7.39. The first-order valence-corrected chi connectivity index (χ1v) is 8.58. The zero-order valence-corrected chi connectivity index (χ0v) is 15.5. The molecule has 0 bridgehead atoms. The van der Waals surface area contributed by atoms with E-state index >= 15 is 0 Å². The first kappa shape index (κ1) is 19.5. The molecule has 138 valence electrons. The third-order valence-corrected chi connectivity index (χ3v) is 4.94. The number of piperidine rings is 1. The summed E-state index contributed by atoms with van der Waals surface area (Å²) >= 11 is 0. The number of nitrogens with two attached hydrogens (primary N) is 1. The number of anilines is 1. The van der Waals surface area contributed by atoms with E-state index in [0.717, 1.165) is 12.8 Å². The highest BCUT2D eigenvalue weighted by molar-refractivity contribution is 6.03. The van der Waals surface area contributed by atoms with Crippen molar-refractivity contribution in [1.82, 2.24) is 4.90 Å². The van der Waals surface area contributed by atoms with Gasteiger partial charge in [-0.05, 0) is 37.8 Å². The summed E-state index contributed by atoms with van der Waals surface area (Å²) < 4.78 is 5.62. The minimum atomic E-state index is -0.584. The quantitative estimate of drug-likeness (QED) is 0.884. The highest BCUT2D eigenvalue weighted by Crippen LogP contribution is 2.33. The van der Waals surface area contributed by atoms with E-state index in [1.54, 1.807) is 6.92 Å². The van der Waals surface area contributed by atoms with Gasteiger partial charge in [-0.15, -0.1) is 12.4 Å². The first-order chi connectivity index (χ1) is 11.5. The Bertz CT molecular complexity index is 640. The molecule has 1 aromatic rings. The van der Waals surface area contributed by atoms with Crippen LogP contribution in [0.4, 0.5) is 5.69 Å². The second-order valence-corrected chi connectivity index (χ2v) is 6.76. The van der Waals surface area contributed by atoms with Crippen LogP contribution in [0.25, 0.3) is 0 Å². The number of para-hydroxylation sites is 2. The molecule has 6 nitrogen and oxygen atoms in total. The Morgan fingerprint density at radius 3 is 2.76 bits per heavy atom. The van der Waals surface area contributed by atoms with Crippen molar-refractivity contribution in [3.8, 4) is 5.75 Å². The Kier molecular flexibility index (Phi) is 6.30. The number of ether oxygens (including phenoxy) is 1. The Balaban J connectivity index is 0.00000225. The maximum absolute atomic E-state index is 12.8. The fourth-order valence-corrected chi connectivity index (χ4v) is 3.55. The number of carbonyl (C=O) groups excluding carboxylic acids is 2. The number of likely N-dealkylation sites (tertiary alicyclic amines) is 1. The second kappa shape index (κ2) is 8.06. The molecule has 0 spiro atoms. The van der Waals surface area contributed by atoms with Crippen molar-refractivity contribution in [3.63, 3.8) is 0 Å². The number of amides is 2. The molecule has 25 heavy (non-hydrogen) atoms. The maximum Gasteiger partial charge on any atom is 0.268 e. The number of halogens is 1. The smallest absolute Gasteiger partial charge is 0.268 e. The van der Waals surface area contributed by atoms with E-state index in [9.17, 15) is 9.59 Å². The SMILES string of the molecule is CC1CCN(C(=O)CN2C(=O)C(C)Oc3ccccc32)C(CN)C1.Cl. The van der Waals surface area contributed by atoms with Gasteiger partial charge >= 0.3 is 0 Å². The molecule has 2 N–H and O–H groups in total. The van der Waals surface area contributed by atoms with Crippen LogP contribution in [0, 0.1) is 5.92 Å². The molecule has 0 aliphatic carbocycles. The molecule has 3 unspecified atom stereocenters. The Labute approximate surface area is 154 Å². The predicted octanol–water partition coefficient (Wildman–Crippen LogP) is 1.81. The molecular weight excluding hydrogens is 342 g/mol. The standard InChI is InChI=1S/C18H25N3O3.ClH/c1-12-7-8-20(14(9-12)10-19)17(22)11-21-15-5-3-4-6-16(15)24-13(2)18(21)23;/h3-6,12-14H,7-11,19H2,1-2H3;1H. The van der Waals surface area contributed by atoms with Gasteiger partial charge in [0.2, 0.25) is 5.91 Å². The zero-order chi connectivity index (χ0) is 17.3. The van der Waals surface area contributed by atoms with Crippen LogP contribution in [0.15, 0.2) is 24.3 Å². The molecule has 2 aliphatic heterocycles. The highest BCUT2D eigenvalue weighted by atomic mass is 35.5. The largest absolute Gasteiger partial charge is 0.479 e. The van der Waals surface area contributed by atoms with Crippen molar-refractivity contribution in [3.05, 3.63) is 24.3 Å². The molecule has 1 aromatic carbocycles. The van der Waals surface area contributed by atoms with Crippen molar-refractivity contribution in [2.75, 3.05) is 24.5 Å². The number of hydrogen-bond acceptors (Lipinski definition) is 4. The molecule has 2 amide bonds. The molecule has 0 radical (unpaired) electrons. The fraction of sp³-hybridized carbons (Fsp3) is 0.556. The van der Waals surface area contributed by atoms with E-state index < -0.39 is 6.10 Å². The first-order valence-electron chi connectivity index (χ1n) is 8.58. The van der Waals surface area contributed by atoms with E-state index in [2.05, 4.69) is 6.92 Å². The summed E-state index contributed by atoms with van der Waals surface area (Å²) in [7, 11) is 0. The van der Waals surface area contributed by atoms with E-state index in [-0.39, 0.29) is 36.8 Å². The van der Waals surface area contributed by atoms with Crippen LogP contribution >= 0.6 is 12.4 Å². The third kappa shape index (κ3) is 3.90. The lowest BCUT2D eigenvalue weighted by atomic mass is 9.92. The van der Waals surface area contributed by atoms with Crippen molar-refractivity contribution < 1.29 is 14.3 Å². The van der Waals surface area contributed by atoms with Crippen LogP contribution in [-0.4, -0.2) is 48.5 Å². The Morgan fingerprint density at radius 1 is 1.32 bits per heavy atom. The van der Waals surface area contributed by atoms with Crippen molar-refractivity contribution in [2.45, 2.75) is 38.8 Å². The minimum absolute atomic E-state index is 0. The number of fused-ring (bicyclic) bond motifs is 1. The Morgan fingerprint density at radius 2 is 2.04 bits per heavy atom. The van der Waals surface area contributed by atoms with Crippen LogP contribution < -0.4 is 15.4 Å². The normalized spacial score (nSPS) is 25.7. The summed E-state index contributed by atoms with van der Waals surface area (Å²) in [6.45, 7) is 5.10. The zero-order valence-electron chi connectivity index (χ0n) is 14.7. The molecule has 0 aromatic heterocycles. The molecular formula is C18H26ClN3O3. The van der Waals surface area contributed by atoms with E-state index in [4.69, 9.17) is 10.5 Å². The minimum Gasteiger partial charge on any atom is -0.479 e. The average molecular weight is 368 g/mol. The van der Waals surface area contributed by atoms with Gasteiger partial charge in [0.25, 0.3) is 5.91 Å². The molecule has 3 atom stereocenters. The van der Waals surface area contributed by atoms with E-state index in [0.29, 0.717) is 30.4 Å². The number of nitrogens with zero attached hydrogens (tertiary/aromatic N) is 2. The summed E-state index contributed by atoms with van der Waals surface area (Å²) in [5.41, 5.74) is 6.51. The molecule has 0 saturated carbocycles. The number of carbonyl (C=O) groups is 2.